The molecule has 2 aromatic carbocycles. The van der Waals surface area contributed by atoms with Crippen molar-refractivity contribution in [3.63, 3.8) is 0 Å². The van der Waals surface area contributed by atoms with Gasteiger partial charge in [-0.1, -0.05) is 24.0 Å². The number of nitrogens with two attached hydrogens (primary N) is 1. The van der Waals surface area contributed by atoms with Crippen LogP contribution in [0.1, 0.15) is 11.1 Å². The van der Waals surface area contributed by atoms with Crippen molar-refractivity contribution in [3.05, 3.63) is 65.2 Å². The molecular weight excluding hydrogens is 260 g/mol. The Balaban J connectivity index is 2.17. The van der Waals surface area contributed by atoms with Crippen molar-refractivity contribution >= 4 is 0 Å². The minimum atomic E-state index is -0.503. The first-order chi connectivity index (χ1) is 9.70. The molecule has 0 atom stereocenters. The normalized spacial score (nSPS) is 9.75. The Morgan fingerprint density at radius 1 is 1.10 bits per heavy atom. The van der Waals surface area contributed by atoms with Gasteiger partial charge in [0.15, 0.2) is 0 Å². The predicted octanol–water partition coefficient (Wildman–Crippen LogP) is 2.85. The lowest BCUT2D eigenvalue weighted by molar-refractivity contribution is 0.298. The molecule has 0 unspecified atom stereocenters. The number of rotatable bonds is 3. The molecule has 0 spiro atoms. The number of halogens is 2. The van der Waals surface area contributed by atoms with Crippen LogP contribution in [0.25, 0.3) is 0 Å². The highest BCUT2D eigenvalue weighted by Gasteiger charge is 2.06. The summed E-state index contributed by atoms with van der Waals surface area (Å²) in [4.78, 5) is 0. The molecule has 102 valence electrons. The van der Waals surface area contributed by atoms with Gasteiger partial charge in [-0.25, -0.2) is 8.78 Å². The first kappa shape index (κ1) is 14.0. The van der Waals surface area contributed by atoms with Gasteiger partial charge in [-0.15, -0.1) is 0 Å². The Morgan fingerprint density at radius 2 is 1.90 bits per heavy atom. The summed E-state index contributed by atoms with van der Waals surface area (Å²) in [5.74, 6) is 5.10. The van der Waals surface area contributed by atoms with E-state index in [0.29, 0.717) is 11.3 Å². The van der Waals surface area contributed by atoms with Gasteiger partial charge in [-0.05, 0) is 30.3 Å². The van der Waals surface area contributed by atoms with E-state index in [4.69, 9.17) is 10.5 Å². The van der Waals surface area contributed by atoms with Crippen molar-refractivity contribution in [1.82, 2.24) is 0 Å². The summed E-state index contributed by atoms with van der Waals surface area (Å²) in [6.07, 6.45) is 0. The van der Waals surface area contributed by atoms with Crippen LogP contribution >= 0.6 is 0 Å². The maximum Gasteiger partial charge on any atom is 0.135 e. The molecular formula is C16H13F2NO. The minimum Gasteiger partial charge on any atom is -0.487 e. The topological polar surface area (TPSA) is 35.2 Å². The first-order valence-corrected chi connectivity index (χ1v) is 6.05. The Morgan fingerprint density at radius 3 is 2.70 bits per heavy atom. The number of hydrogen-bond acceptors (Lipinski definition) is 2. The molecule has 4 heteroatoms. The van der Waals surface area contributed by atoms with E-state index in [9.17, 15) is 8.78 Å². The summed E-state index contributed by atoms with van der Waals surface area (Å²) < 4.78 is 32.1. The second-order valence-electron chi connectivity index (χ2n) is 4.03. The zero-order chi connectivity index (χ0) is 14.4. The fourth-order valence-electron chi connectivity index (χ4n) is 1.65. The molecule has 2 N–H and O–H groups in total. The molecule has 0 bridgehead atoms. The third kappa shape index (κ3) is 3.56. The molecule has 0 aliphatic rings. The van der Waals surface area contributed by atoms with E-state index in [1.54, 1.807) is 18.2 Å². The van der Waals surface area contributed by atoms with Crippen LogP contribution in [-0.4, -0.2) is 6.54 Å². The second kappa shape index (κ2) is 6.69. The summed E-state index contributed by atoms with van der Waals surface area (Å²) in [6.45, 7) is 0.178. The van der Waals surface area contributed by atoms with Gasteiger partial charge in [0, 0.05) is 5.56 Å². The second-order valence-corrected chi connectivity index (χ2v) is 4.03. The zero-order valence-electron chi connectivity index (χ0n) is 10.7. The number of benzene rings is 2. The quantitative estimate of drug-likeness (QED) is 0.873. The minimum absolute atomic E-state index is 0.0646. The molecule has 0 fully saturated rings. The monoisotopic (exact) mass is 273 g/mol. The maximum absolute atomic E-state index is 13.5. The fourth-order valence-corrected chi connectivity index (χ4v) is 1.65. The molecule has 0 aliphatic heterocycles. The van der Waals surface area contributed by atoms with Crippen molar-refractivity contribution < 1.29 is 13.5 Å². The van der Waals surface area contributed by atoms with Gasteiger partial charge in [0.05, 0.1) is 12.1 Å². The highest BCUT2D eigenvalue weighted by atomic mass is 19.1. The van der Waals surface area contributed by atoms with Crippen LogP contribution in [-0.2, 0) is 6.61 Å². The van der Waals surface area contributed by atoms with E-state index in [-0.39, 0.29) is 18.7 Å². The molecule has 0 saturated heterocycles. The van der Waals surface area contributed by atoms with E-state index in [2.05, 4.69) is 11.8 Å². The lowest BCUT2D eigenvalue weighted by Gasteiger charge is -2.09. The SMILES string of the molecule is NCC#Cc1ccccc1OCc1cc(F)ccc1F. The lowest BCUT2D eigenvalue weighted by Crippen LogP contribution is -2.01. The van der Waals surface area contributed by atoms with Gasteiger partial charge in [-0.2, -0.15) is 0 Å². The number of hydrogen-bond donors (Lipinski definition) is 1. The van der Waals surface area contributed by atoms with E-state index in [1.807, 2.05) is 6.07 Å². The zero-order valence-corrected chi connectivity index (χ0v) is 10.7. The fraction of sp³-hybridized carbons (Fsp3) is 0.125. The average molecular weight is 273 g/mol. The van der Waals surface area contributed by atoms with Crippen molar-refractivity contribution in [2.45, 2.75) is 6.61 Å². The predicted molar refractivity (Wildman–Crippen MR) is 73.1 cm³/mol. The van der Waals surface area contributed by atoms with Gasteiger partial charge < -0.3 is 10.5 Å². The molecule has 0 amide bonds. The van der Waals surface area contributed by atoms with Crippen LogP contribution in [0, 0.1) is 23.5 Å². The van der Waals surface area contributed by atoms with Crippen molar-refractivity contribution in [1.29, 1.82) is 0 Å². The van der Waals surface area contributed by atoms with E-state index < -0.39 is 11.6 Å². The molecule has 2 rings (SSSR count). The third-order valence-corrected chi connectivity index (χ3v) is 2.60. The van der Waals surface area contributed by atoms with E-state index in [0.717, 1.165) is 18.2 Å². The Labute approximate surface area is 116 Å². The largest absolute Gasteiger partial charge is 0.487 e. The maximum atomic E-state index is 13.5. The highest BCUT2D eigenvalue weighted by molar-refractivity contribution is 5.46. The Kier molecular flexibility index (Phi) is 4.70. The van der Waals surface area contributed by atoms with Gasteiger partial charge in [-0.3, -0.25) is 0 Å². The lowest BCUT2D eigenvalue weighted by atomic mass is 10.2. The van der Waals surface area contributed by atoms with Crippen LogP contribution < -0.4 is 10.5 Å². The van der Waals surface area contributed by atoms with Gasteiger partial charge in [0.1, 0.15) is 24.0 Å². The Hall–Kier alpha value is -2.38. The molecule has 0 aliphatic carbocycles. The van der Waals surface area contributed by atoms with E-state index in [1.165, 1.54) is 0 Å². The summed E-state index contributed by atoms with van der Waals surface area (Å²) in [7, 11) is 0. The molecule has 0 radical (unpaired) electrons. The van der Waals surface area contributed by atoms with Crippen LogP contribution in [0.5, 0.6) is 5.75 Å². The molecule has 2 aromatic rings. The standard InChI is InChI=1S/C16H13F2NO/c17-14-7-8-15(18)13(10-14)11-20-16-6-2-1-4-12(16)5-3-9-19/h1-2,4,6-8,10H,9,11,19H2. The highest BCUT2D eigenvalue weighted by Crippen LogP contribution is 2.19. The molecule has 0 saturated carbocycles. The summed E-state index contributed by atoms with van der Waals surface area (Å²) in [5.41, 5.74) is 6.14. The smallest absolute Gasteiger partial charge is 0.135 e. The van der Waals surface area contributed by atoms with Crippen LogP contribution in [0.2, 0.25) is 0 Å². The third-order valence-electron chi connectivity index (χ3n) is 2.60. The average Bonchev–Trinajstić information content (AvgIpc) is 2.47. The van der Waals surface area contributed by atoms with E-state index >= 15 is 0 Å². The number of para-hydroxylation sites is 1. The Bertz CT molecular complexity index is 659. The number of ether oxygens (including phenoxy) is 1. The van der Waals surface area contributed by atoms with Crippen molar-refractivity contribution in [3.8, 4) is 17.6 Å². The molecule has 0 heterocycles. The summed E-state index contributed by atoms with van der Waals surface area (Å²) in [6, 6.07) is 10.4. The van der Waals surface area contributed by atoms with Crippen molar-refractivity contribution in [2.75, 3.05) is 6.54 Å². The van der Waals surface area contributed by atoms with Crippen LogP contribution in [0.15, 0.2) is 42.5 Å². The van der Waals surface area contributed by atoms with Gasteiger partial charge >= 0.3 is 0 Å². The molecule has 20 heavy (non-hydrogen) atoms. The summed E-state index contributed by atoms with van der Waals surface area (Å²) in [5, 5.41) is 0. The van der Waals surface area contributed by atoms with Gasteiger partial charge in [0.2, 0.25) is 0 Å². The molecule has 2 nitrogen and oxygen atoms in total. The van der Waals surface area contributed by atoms with Crippen LogP contribution in [0.3, 0.4) is 0 Å². The van der Waals surface area contributed by atoms with Crippen molar-refractivity contribution in [2.24, 2.45) is 5.73 Å². The van der Waals surface area contributed by atoms with Gasteiger partial charge in [0.25, 0.3) is 0 Å². The van der Waals surface area contributed by atoms with Crippen LogP contribution in [0.4, 0.5) is 8.78 Å². The molecule has 0 aromatic heterocycles. The first-order valence-electron chi connectivity index (χ1n) is 6.05. The summed E-state index contributed by atoms with van der Waals surface area (Å²) >= 11 is 0.